The van der Waals surface area contributed by atoms with E-state index in [0.717, 1.165) is 10.4 Å². The van der Waals surface area contributed by atoms with E-state index >= 15 is 0 Å². The van der Waals surface area contributed by atoms with Crippen LogP contribution in [-0.4, -0.2) is 45.2 Å². The summed E-state index contributed by atoms with van der Waals surface area (Å²) in [5, 5.41) is 3.05. The summed E-state index contributed by atoms with van der Waals surface area (Å²) < 4.78 is 45.4. The number of thiazole rings is 1. The predicted octanol–water partition coefficient (Wildman–Crippen LogP) is 3.16. The molecule has 170 valence electrons. The van der Waals surface area contributed by atoms with Gasteiger partial charge in [0.25, 0.3) is 0 Å². The van der Waals surface area contributed by atoms with Gasteiger partial charge < -0.3 is 19.5 Å². The van der Waals surface area contributed by atoms with E-state index in [1.54, 1.807) is 6.07 Å². The van der Waals surface area contributed by atoms with Crippen LogP contribution >= 0.6 is 11.3 Å². The van der Waals surface area contributed by atoms with Gasteiger partial charge in [-0.25, -0.2) is 13.4 Å². The fraction of sp³-hybridized carbons (Fsp3) is 0.333. The van der Waals surface area contributed by atoms with Crippen LogP contribution in [0.4, 0.5) is 5.13 Å². The number of fused-ring (bicyclic) bond motifs is 2. The van der Waals surface area contributed by atoms with Crippen molar-refractivity contribution in [1.82, 2.24) is 9.71 Å². The Morgan fingerprint density at radius 3 is 2.75 bits per heavy atom. The van der Waals surface area contributed by atoms with Crippen molar-refractivity contribution in [1.29, 1.82) is 0 Å². The average molecular weight is 478 g/mol. The van der Waals surface area contributed by atoms with Crippen molar-refractivity contribution >= 4 is 42.6 Å². The number of amides is 1. The Morgan fingerprint density at radius 2 is 1.97 bits per heavy atom. The van der Waals surface area contributed by atoms with Gasteiger partial charge in [0.05, 0.1) is 41.0 Å². The normalized spacial score (nSPS) is 14.6. The highest BCUT2D eigenvalue weighted by Gasteiger charge is 2.24. The summed E-state index contributed by atoms with van der Waals surface area (Å²) in [6.45, 7) is 4.87. The van der Waals surface area contributed by atoms with E-state index < -0.39 is 22.0 Å². The molecule has 1 amide bonds. The topological polar surface area (TPSA) is 116 Å². The first-order valence-electron chi connectivity index (χ1n) is 10.1. The molecular weight excluding hydrogens is 454 g/mol. The molecule has 3 aromatic rings. The molecule has 9 nitrogen and oxygen atoms in total. The van der Waals surface area contributed by atoms with Gasteiger partial charge in [-0.2, -0.15) is 4.72 Å². The Balaban J connectivity index is 1.45. The number of ether oxygens (including phenoxy) is 3. The molecule has 4 rings (SSSR count). The Morgan fingerprint density at radius 1 is 1.19 bits per heavy atom. The lowest BCUT2D eigenvalue weighted by Gasteiger charge is -2.14. The Labute approximate surface area is 189 Å². The monoisotopic (exact) mass is 477 g/mol. The molecule has 0 aliphatic carbocycles. The second kappa shape index (κ2) is 9.31. The fourth-order valence-electron chi connectivity index (χ4n) is 3.09. The number of aromatic nitrogens is 1. The summed E-state index contributed by atoms with van der Waals surface area (Å²) in [6, 6.07) is 8.81. The molecule has 0 unspecified atom stereocenters. The van der Waals surface area contributed by atoms with E-state index in [-0.39, 0.29) is 4.90 Å². The van der Waals surface area contributed by atoms with Crippen LogP contribution in [0.5, 0.6) is 17.2 Å². The second-order valence-corrected chi connectivity index (χ2v) is 9.82. The molecule has 0 saturated heterocycles. The first-order chi connectivity index (χ1) is 15.4. The number of hydrogen-bond acceptors (Lipinski definition) is 8. The van der Waals surface area contributed by atoms with Crippen molar-refractivity contribution in [2.45, 2.75) is 31.2 Å². The molecule has 32 heavy (non-hydrogen) atoms. The number of hydrogen-bond donors (Lipinski definition) is 2. The fourth-order valence-corrected chi connectivity index (χ4v) is 5.21. The predicted molar refractivity (Wildman–Crippen MR) is 121 cm³/mol. The zero-order valence-electron chi connectivity index (χ0n) is 17.6. The minimum atomic E-state index is -3.96. The first kappa shape index (κ1) is 22.3. The van der Waals surface area contributed by atoms with Crippen molar-refractivity contribution in [3.8, 4) is 17.2 Å². The quantitative estimate of drug-likeness (QED) is 0.537. The van der Waals surface area contributed by atoms with Crippen LogP contribution in [0.2, 0.25) is 0 Å². The van der Waals surface area contributed by atoms with Crippen LogP contribution in [0.3, 0.4) is 0 Å². The molecule has 0 saturated carbocycles. The van der Waals surface area contributed by atoms with E-state index in [4.69, 9.17) is 14.2 Å². The standard InChI is InChI=1S/C21H23N3O6S2/c1-3-28-14-5-7-16-19(11-14)31-21(22-16)23-20(25)13(2)24-32(26,27)15-6-8-17-18(12-15)30-10-4-9-29-17/h5-8,11-13,24H,3-4,9-10H2,1-2H3,(H,22,23,25)/t13-/m0/s1. The van der Waals surface area contributed by atoms with Crippen molar-refractivity contribution in [2.75, 3.05) is 25.1 Å². The molecule has 2 heterocycles. The van der Waals surface area contributed by atoms with Gasteiger partial charge >= 0.3 is 0 Å². The molecule has 0 bridgehead atoms. The Kier molecular flexibility index (Phi) is 6.49. The summed E-state index contributed by atoms with van der Waals surface area (Å²) in [7, 11) is -3.96. The number of sulfonamides is 1. The molecule has 0 radical (unpaired) electrons. The van der Waals surface area contributed by atoms with Gasteiger partial charge in [-0.1, -0.05) is 11.3 Å². The largest absolute Gasteiger partial charge is 0.494 e. The van der Waals surface area contributed by atoms with Gasteiger partial charge in [0.2, 0.25) is 15.9 Å². The number of nitrogens with one attached hydrogen (secondary N) is 2. The first-order valence-corrected chi connectivity index (χ1v) is 12.4. The van der Waals surface area contributed by atoms with E-state index in [1.165, 1.54) is 30.4 Å². The highest BCUT2D eigenvalue weighted by molar-refractivity contribution is 7.89. The van der Waals surface area contributed by atoms with Crippen molar-refractivity contribution < 1.29 is 27.4 Å². The number of nitrogens with zero attached hydrogens (tertiary/aromatic N) is 1. The summed E-state index contributed by atoms with van der Waals surface area (Å²) in [5.74, 6) is 1.06. The molecule has 0 spiro atoms. The molecule has 1 aliphatic heterocycles. The van der Waals surface area contributed by atoms with E-state index in [1.807, 2.05) is 25.1 Å². The van der Waals surface area contributed by atoms with Gasteiger partial charge in [0, 0.05) is 12.5 Å². The number of rotatable bonds is 7. The molecule has 1 atom stereocenters. The van der Waals surface area contributed by atoms with Crippen molar-refractivity contribution in [2.24, 2.45) is 0 Å². The highest BCUT2D eigenvalue weighted by atomic mass is 32.2. The lowest BCUT2D eigenvalue weighted by molar-refractivity contribution is -0.117. The average Bonchev–Trinajstić information content (AvgIpc) is 2.99. The molecule has 1 aliphatic rings. The lowest BCUT2D eigenvalue weighted by Crippen LogP contribution is -2.41. The van der Waals surface area contributed by atoms with Gasteiger partial charge in [0.15, 0.2) is 16.6 Å². The minimum absolute atomic E-state index is 0.00941. The summed E-state index contributed by atoms with van der Waals surface area (Å²) in [5.41, 5.74) is 0.717. The summed E-state index contributed by atoms with van der Waals surface area (Å²) >= 11 is 1.28. The summed E-state index contributed by atoms with van der Waals surface area (Å²) in [6.07, 6.45) is 0.713. The number of carbonyl (C=O) groups excluding carboxylic acids is 1. The van der Waals surface area contributed by atoms with Gasteiger partial charge in [-0.15, -0.1) is 0 Å². The number of carbonyl (C=O) groups is 1. The smallest absolute Gasteiger partial charge is 0.244 e. The third-order valence-electron chi connectivity index (χ3n) is 4.66. The molecular formula is C21H23N3O6S2. The van der Waals surface area contributed by atoms with Crippen LogP contribution in [0, 0.1) is 0 Å². The Bertz CT molecular complexity index is 1240. The van der Waals surface area contributed by atoms with Gasteiger partial charge in [0.1, 0.15) is 5.75 Å². The molecule has 2 aromatic carbocycles. The van der Waals surface area contributed by atoms with E-state index in [0.29, 0.717) is 48.4 Å². The molecule has 0 fully saturated rings. The third-order valence-corrected chi connectivity index (χ3v) is 7.13. The molecule has 1 aromatic heterocycles. The molecule has 2 N–H and O–H groups in total. The van der Waals surface area contributed by atoms with Crippen LogP contribution in [0.15, 0.2) is 41.3 Å². The van der Waals surface area contributed by atoms with Crippen molar-refractivity contribution in [3.63, 3.8) is 0 Å². The second-order valence-electron chi connectivity index (χ2n) is 7.07. The zero-order valence-corrected chi connectivity index (χ0v) is 19.2. The van der Waals surface area contributed by atoms with E-state index in [2.05, 4.69) is 15.0 Å². The Hall–Kier alpha value is -2.89. The zero-order chi connectivity index (χ0) is 22.7. The lowest BCUT2D eigenvalue weighted by atomic mass is 10.3. The maximum atomic E-state index is 12.8. The van der Waals surface area contributed by atoms with Gasteiger partial charge in [-0.05, 0) is 44.2 Å². The molecule has 11 heteroatoms. The SMILES string of the molecule is CCOc1ccc2nc(NC(=O)[C@H](C)NS(=O)(=O)c3ccc4c(c3)OCCCO4)sc2c1. The van der Waals surface area contributed by atoms with Gasteiger partial charge in [-0.3, -0.25) is 4.79 Å². The minimum Gasteiger partial charge on any atom is -0.494 e. The maximum Gasteiger partial charge on any atom is 0.244 e. The van der Waals surface area contributed by atoms with Crippen LogP contribution in [-0.2, 0) is 14.8 Å². The maximum absolute atomic E-state index is 12.8. The van der Waals surface area contributed by atoms with Crippen LogP contribution in [0.1, 0.15) is 20.3 Å². The van der Waals surface area contributed by atoms with Crippen molar-refractivity contribution in [3.05, 3.63) is 36.4 Å². The van der Waals surface area contributed by atoms with Crippen LogP contribution in [0.25, 0.3) is 10.2 Å². The van der Waals surface area contributed by atoms with Crippen LogP contribution < -0.4 is 24.2 Å². The summed E-state index contributed by atoms with van der Waals surface area (Å²) in [4.78, 5) is 17.0. The highest BCUT2D eigenvalue weighted by Crippen LogP contribution is 2.32. The number of benzene rings is 2. The third kappa shape index (κ3) is 4.95. The van der Waals surface area contributed by atoms with E-state index in [9.17, 15) is 13.2 Å². The number of anilines is 1.